The van der Waals surface area contributed by atoms with Crippen LogP contribution in [0.2, 0.25) is 5.02 Å². The molecular formula is C10H9Cl2NO2. The normalized spacial score (nSPS) is 9.73. The van der Waals surface area contributed by atoms with Gasteiger partial charge in [0.1, 0.15) is 5.88 Å². The summed E-state index contributed by atoms with van der Waals surface area (Å²) in [5, 5.41) is 2.88. The first-order chi connectivity index (χ1) is 7.13. The van der Waals surface area contributed by atoms with Crippen LogP contribution in [0.1, 0.15) is 10.4 Å². The van der Waals surface area contributed by atoms with E-state index in [-0.39, 0.29) is 24.1 Å². The molecule has 5 heteroatoms. The number of rotatable bonds is 4. The van der Waals surface area contributed by atoms with E-state index in [0.29, 0.717) is 10.6 Å². The number of Topliss-reactive ketones (excluding diaryl/α,β-unsaturated/α-hetero) is 1. The summed E-state index contributed by atoms with van der Waals surface area (Å²) >= 11 is 11.0. The molecule has 15 heavy (non-hydrogen) atoms. The van der Waals surface area contributed by atoms with Crippen LogP contribution < -0.4 is 5.32 Å². The Morgan fingerprint density at radius 3 is 2.67 bits per heavy atom. The molecule has 1 N–H and O–H groups in total. The Morgan fingerprint density at radius 1 is 1.33 bits per heavy atom. The molecule has 0 aliphatic carbocycles. The summed E-state index contributed by atoms with van der Waals surface area (Å²) in [6.45, 7) is -0.0636. The molecule has 1 amide bonds. The van der Waals surface area contributed by atoms with E-state index in [2.05, 4.69) is 5.32 Å². The van der Waals surface area contributed by atoms with Crippen molar-refractivity contribution in [3.63, 3.8) is 0 Å². The van der Waals surface area contributed by atoms with Crippen molar-refractivity contribution in [3.8, 4) is 0 Å². The van der Waals surface area contributed by atoms with E-state index >= 15 is 0 Å². The SMILES string of the molecule is O=C(CCl)NCC(=O)c1cccc(Cl)c1. The number of amides is 1. The van der Waals surface area contributed by atoms with E-state index < -0.39 is 0 Å². The zero-order chi connectivity index (χ0) is 11.3. The Labute approximate surface area is 97.4 Å². The van der Waals surface area contributed by atoms with Crippen LogP contribution >= 0.6 is 23.2 Å². The number of carbonyl (C=O) groups excluding carboxylic acids is 2. The third kappa shape index (κ3) is 3.90. The summed E-state index contributed by atoms with van der Waals surface area (Å²) < 4.78 is 0. The molecule has 1 aromatic rings. The van der Waals surface area contributed by atoms with E-state index in [4.69, 9.17) is 23.2 Å². The maximum atomic E-state index is 11.5. The summed E-state index contributed by atoms with van der Waals surface area (Å²) in [5.74, 6) is -0.717. The highest BCUT2D eigenvalue weighted by Crippen LogP contribution is 2.10. The fourth-order valence-electron chi connectivity index (χ4n) is 0.990. The first-order valence-corrected chi connectivity index (χ1v) is 5.16. The van der Waals surface area contributed by atoms with Gasteiger partial charge in [0.15, 0.2) is 5.78 Å². The molecule has 0 spiro atoms. The van der Waals surface area contributed by atoms with Gasteiger partial charge in [-0.1, -0.05) is 23.7 Å². The second-order valence-corrected chi connectivity index (χ2v) is 3.55. The lowest BCUT2D eigenvalue weighted by molar-refractivity contribution is -0.118. The Balaban J connectivity index is 2.58. The fourth-order valence-corrected chi connectivity index (χ4v) is 1.27. The number of nitrogens with one attached hydrogen (secondary N) is 1. The molecule has 0 bridgehead atoms. The molecule has 0 aliphatic heterocycles. The Bertz CT molecular complexity index is 379. The smallest absolute Gasteiger partial charge is 0.235 e. The Hall–Kier alpha value is -1.06. The van der Waals surface area contributed by atoms with Crippen molar-refractivity contribution < 1.29 is 9.59 Å². The molecule has 1 rings (SSSR count). The summed E-state index contributed by atoms with van der Waals surface area (Å²) in [6.07, 6.45) is 0. The number of benzene rings is 1. The summed E-state index contributed by atoms with van der Waals surface area (Å²) in [5.41, 5.74) is 0.470. The third-order valence-corrected chi connectivity index (χ3v) is 2.19. The van der Waals surface area contributed by atoms with Crippen molar-refractivity contribution >= 4 is 34.9 Å². The zero-order valence-electron chi connectivity index (χ0n) is 7.80. The van der Waals surface area contributed by atoms with Gasteiger partial charge in [0.05, 0.1) is 6.54 Å². The van der Waals surface area contributed by atoms with Gasteiger partial charge in [-0.3, -0.25) is 9.59 Å². The lowest BCUT2D eigenvalue weighted by Crippen LogP contribution is -2.30. The molecular weight excluding hydrogens is 237 g/mol. The molecule has 0 fully saturated rings. The number of hydrogen-bond acceptors (Lipinski definition) is 2. The average Bonchev–Trinajstić information content (AvgIpc) is 2.25. The van der Waals surface area contributed by atoms with E-state index in [1.807, 2.05) is 0 Å². The number of carbonyl (C=O) groups is 2. The second kappa shape index (κ2) is 5.73. The molecule has 3 nitrogen and oxygen atoms in total. The maximum absolute atomic E-state index is 11.5. The van der Waals surface area contributed by atoms with Crippen LogP contribution in [-0.2, 0) is 4.79 Å². The average molecular weight is 246 g/mol. The van der Waals surface area contributed by atoms with Crippen molar-refractivity contribution in [1.29, 1.82) is 0 Å². The molecule has 0 radical (unpaired) electrons. The molecule has 80 valence electrons. The van der Waals surface area contributed by atoms with Crippen molar-refractivity contribution in [2.24, 2.45) is 0 Å². The minimum atomic E-state index is -0.368. The lowest BCUT2D eigenvalue weighted by atomic mass is 10.1. The minimum absolute atomic E-state index is 0.0636. The van der Waals surface area contributed by atoms with E-state index in [1.54, 1.807) is 24.3 Å². The molecule has 1 aromatic carbocycles. The van der Waals surface area contributed by atoms with Crippen molar-refractivity contribution in [2.45, 2.75) is 0 Å². The number of alkyl halides is 1. The van der Waals surface area contributed by atoms with Gasteiger partial charge >= 0.3 is 0 Å². The fraction of sp³-hybridized carbons (Fsp3) is 0.200. The quantitative estimate of drug-likeness (QED) is 0.651. The van der Waals surface area contributed by atoms with Gasteiger partial charge in [-0.05, 0) is 12.1 Å². The molecule has 0 saturated carbocycles. The van der Waals surface area contributed by atoms with Crippen molar-refractivity contribution in [2.75, 3.05) is 12.4 Å². The monoisotopic (exact) mass is 245 g/mol. The topological polar surface area (TPSA) is 46.2 Å². The van der Waals surface area contributed by atoms with Crippen LogP contribution in [0.5, 0.6) is 0 Å². The Kier molecular flexibility index (Phi) is 4.59. The highest BCUT2D eigenvalue weighted by molar-refractivity contribution is 6.31. The number of ketones is 1. The van der Waals surface area contributed by atoms with Gasteiger partial charge in [0.2, 0.25) is 5.91 Å². The van der Waals surface area contributed by atoms with Crippen LogP contribution in [0, 0.1) is 0 Å². The molecule has 0 unspecified atom stereocenters. The zero-order valence-corrected chi connectivity index (χ0v) is 9.31. The predicted octanol–water partition coefficient (Wildman–Crippen LogP) is 1.88. The van der Waals surface area contributed by atoms with Crippen molar-refractivity contribution in [3.05, 3.63) is 34.9 Å². The second-order valence-electron chi connectivity index (χ2n) is 2.84. The largest absolute Gasteiger partial charge is 0.348 e. The molecule has 0 aliphatic rings. The van der Waals surface area contributed by atoms with Gasteiger partial charge in [0.25, 0.3) is 0 Å². The highest BCUT2D eigenvalue weighted by Gasteiger charge is 2.07. The van der Waals surface area contributed by atoms with E-state index in [0.717, 1.165) is 0 Å². The van der Waals surface area contributed by atoms with E-state index in [9.17, 15) is 9.59 Å². The Morgan fingerprint density at radius 2 is 2.07 bits per heavy atom. The summed E-state index contributed by atoms with van der Waals surface area (Å²) in [4.78, 5) is 22.3. The number of halogens is 2. The van der Waals surface area contributed by atoms with Crippen LogP contribution in [0.4, 0.5) is 0 Å². The van der Waals surface area contributed by atoms with Gasteiger partial charge in [-0.25, -0.2) is 0 Å². The van der Waals surface area contributed by atoms with Crippen LogP contribution in [-0.4, -0.2) is 24.1 Å². The van der Waals surface area contributed by atoms with Crippen molar-refractivity contribution in [1.82, 2.24) is 5.32 Å². The highest BCUT2D eigenvalue weighted by atomic mass is 35.5. The van der Waals surface area contributed by atoms with E-state index in [1.165, 1.54) is 0 Å². The predicted molar refractivity (Wildman–Crippen MR) is 59.5 cm³/mol. The first kappa shape index (κ1) is 12.0. The van der Waals surface area contributed by atoms with Gasteiger partial charge in [-0.15, -0.1) is 11.6 Å². The first-order valence-electron chi connectivity index (χ1n) is 4.25. The maximum Gasteiger partial charge on any atom is 0.235 e. The lowest BCUT2D eigenvalue weighted by Gasteiger charge is -2.02. The molecule has 0 saturated heterocycles. The van der Waals surface area contributed by atoms with Gasteiger partial charge in [-0.2, -0.15) is 0 Å². The van der Waals surface area contributed by atoms with Crippen LogP contribution in [0.3, 0.4) is 0 Å². The summed E-state index contributed by atoms with van der Waals surface area (Å²) in [7, 11) is 0. The van der Waals surface area contributed by atoms with Gasteiger partial charge < -0.3 is 5.32 Å². The van der Waals surface area contributed by atoms with Gasteiger partial charge in [0, 0.05) is 10.6 Å². The van der Waals surface area contributed by atoms with Crippen LogP contribution in [0.25, 0.3) is 0 Å². The minimum Gasteiger partial charge on any atom is -0.348 e. The van der Waals surface area contributed by atoms with Crippen LogP contribution in [0.15, 0.2) is 24.3 Å². The molecule has 0 aromatic heterocycles. The summed E-state index contributed by atoms with van der Waals surface area (Å²) in [6, 6.07) is 6.55. The molecule has 0 atom stereocenters. The number of hydrogen-bond donors (Lipinski definition) is 1. The standard InChI is InChI=1S/C10H9Cl2NO2/c11-5-10(15)13-6-9(14)7-2-1-3-8(12)4-7/h1-4H,5-6H2,(H,13,15). The third-order valence-electron chi connectivity index (χ3n) is 1.71. The molecule has 0 heterocycles.